The van der Waals surface area contributed by atoms with Crippen LogP contribution in [0.25, 0.3) is 0 Å². The SMILES string of the molecule is CCOc1ccc(N2CC=C[C@@]3(C)O[C@]45C=CCN(c6c(C)cccc6Cl)C(=O)C4N(CCCCO)C(=O)[C@@H]5[C@H]3C2=O)cc1. The van der Waals surface area contributed by atoms with Crippen LogP contribution in [0.15, 0.2) is 66.8 Å². The molecule has 2 saturated heterocycles. The number of unbranched alkanes of at least 4 members (excludes halogenated alkanes) is 1. The van der Waals surface area contributed by atoms with Crippen LogP contribution >= 0.6 is 11.6 Å². The van der Waals surface area contributed by atoms with Crippen LogP contribution in [0.5, 0.6) is 5.75 Å². The van der Waals surface area contributed by atoms with Gasteiger partial charge in [0.25, 0.3) is 5.91 Å². The lowest BCUT2D eigenvalue weighted by molar-refractivity contribution is -0.144. The summed E-state index contributed by atoms with van der Waals surface area (Å²) < 4.78 is 12.5. The molecule has 6 rings (SSSR count). The smallest absolute Gasteiger partial charge is 0.253 e. The summed E-state index contributed by atoms with van der Waals surface area (Å²) in [5.74, 6) is -1.96. The van der Waals surface area contributed by atoms with Gasteiger partial charge in [0.1, 0.15) is 17.4 Å². The van der Waals surface area contributed by atoms with Gasteiger partial charge in [-0.3, -0.25) is 14.4 Å². The van der Waals surface area contributed by atoms with Gasteiger partial charge in [-0.25, -0.2) is 0 Å². The highest BCUT2D eigenvalue weighted by Crippen LogP contribution is 2.58. The fourth-order valence-electron chi connectivity index (χ4n) is 7.44. The van der Waals surface area contributed by atoms with Gasteiger partial charge in [-0.2, -0.15) is 0 Å². The van der Waals surface area contributed by atoms with Crippen LogP contribution in [0.2, 0.25) is 5.02 Å². The minimum absolute atomic E-state index is 0.0302. The molecular formula is C34H38ClN3O6. The van der Waals surface area contributed by atoms with Crippen molar-refractivity contribution >= 4 is 40.7 Å². The first-order chi connectivity index (χ1) is 21.2. The molecule has 232 valence electrons. The molecule has 4 heterocycles. The number of halogens is 1. The third-order valence-electron chi connectivity index (χ3n) is 9.28. The first-order valence-electron chi connectivity index (χ1n) is 15.2. The molecule has 5 atom stereocenters. The van der Waals surface area contributed by atoms with Crippen molar-refractivity contribution < 1.29 is 29.0 Å². The lowest BCUT2D eigenvalue weighted by Crippen LogP contribution is -2.56. The van der Waals surface area contributed by atoms with E-state index in [1.54, 1.807) is 20.8 Å². The molecule has 2 fully saturated rings. The van der Waals surface area contributed by atoms with Crippen molar-refractivity contribution in [3.8, 4) is 5.75 Å². The Kier molecular flexibility index (Phi) is 8.07. The summed E-state index contributed by atoms with van der Waals surface area (Å²) >= 11 is 6.64. The molecule has 9 nitrogen and oxygen atoms in total. The Morgan fingerprint density at radius 2 is 1.68 bits per heavy atom. The van der Waals surface area contributed by atoms with Gasteiger partial charge in [0.15, 0.2) is 0 Å². The van der Waals surface area contributed by atoms with Crippen LogP contribution in [-0.4, -0.2) is 77.8 Å². The van der Waals surface area contributed by atoms with E-state index in [9.17, 15) is 19.5 Å². The van der Waals surface area contributed by atoms with E-state index in [1.165, 1.54) is 0 Å². The van der Waals surface area contributed by atoms with Crippen LogP contribution in [-0.2, 0) is 19.1 Å². The van der Waals surface area contributed by atoms with Gasteiger partial charge < -0.3 is 29.3 Å². The molecular weight excluding hydrogens is 582 g/mol. The lowest BCUT2D eigenvalue weighted by Gasteiger charge is -2.37. The van der Waals surface area contributed by atoms with E-state index < -0.39 is 29.1 Å². The molecule has 1 N–H and O–H groups in total. The average molecular weight is 620 g/mol. The maximum absolute atomic E-state index is 14.7. The van der Waals surface area contributed by atoms with Crippen LogP contribution < -0.4 is 14.5 Å². The molecule has 0 aliphatic carbocycles. The van der Waals surface area contributed by atoms with Crippen LogP contribution in [0.4, 0.5) is 11.4 Å². The molecule has 1 unspecified atom stereocenters. The summed E-state index contributed by atoms with van der Waals surface area (Å²) in [6.45, 7) is 6.94. The quantitative estimate of drug-likeness (QED) is 0.350. The Labute approximate surface area is 262 Å². The number of aryl methyl sites for hydroxylation is 1. The normalized spacial score (nSPS) is 29.4. The first-order valence-corrected chi connectivity index (χ1v) is 15.6. The number of fused-ring (bicyclic) bond motifs is 2. The number of carbonyl (C=O) groups excluding carboxylic acids is 3. The summed E-state index contributed by atoms with van der Waals surface area (Å²) in [6, 6.07) is 11.8. The van der Waals surface area contributed by atoms with Crippen molar-refractivity contribution in [1.82, 2.24) is 4.90 Å². The van der Waals surface area contributed by atoms with Gasteiger partial charge in [0, 0.05) is 31.9 Å². The third kappa shape index (κ3) is 4.73. The largest absolute Gasteiger partial charge is 0.494 e. The number of benzene rings is 2. The minimum atomic E-state index is -1.38. The van der Waals surface area contributed by atoms with Gasteiger partial charge in [-0.15, -0.1) is 0 Å². The summed E-state index contributed by atoms with van der Waals surface area (Å²) in [7, 11) is 0. The average Bonchev–Trinajstić information content (AvgIpc) is 3.26. The second-order valence-corrected chi connectivity index (χ2v) is 12.4. The summed E-state index contributed by atoms with van der Waals surface area (Å²) in [5, 5.41) is 9.93. The summed E-state index contributed by atoms with van der Waals surface area (Å²) in [5.41, 5.74) is -0.409. The second kappa shape index (κ2) is 11.7. The van der Waals surface area contributed by atoms with Gasteiger partial charge in [-0.05, 0) is 69.5 Å². The summed E-state index contributed by atoms with van der Waals surface area (Å²) in [6.07, 6.45) is 8.42. The van der Waals surface area contributed by atoms with Crippen molar-refractivity contribution in [2.45, 2.75) is 50.9 Å². The number of anilines is 2. The standard InChI is InChI=1S/C34H38ClN3O6/c1-4-43-24-14-12-23(13-15-24)36-19-8-16-33(3)26(30(36)40)27-31(41)38(18-5-6-21-39)29-32(42)37(20-9-17-34(27,29)44-33)28-22(2)10-7-11-25(28)35/h7-17,26-27,29,39H,4-6,18-21H2,1-3H3/t26-,27-,29?,33+,34-/m0/s1. The number of aliphatic hydroxyl groups excluding tert-OH is 1. The Morgan fingerprint density at radius 1 is 0.955 bits per heavy atom. The van der Waals surface area contributed by atoms with Crippen molar-refractivity contribution in [2.75, 3.05) is 42.6 Å². The molecule has 2 aromatic carbocycles. The number of rotatable bonds is 8. The zero-order chi connectivity index (χ0) is 31.2. The van der Waals surface area contributed by atoms with E-state index in [2.05, 4.69) is 0 Å². The zero-order valence-corrected chi connectivity index (χ0v) is 26.0. The fourth-order valence-corrected chi connectivity index (χ4v) is 7.77. The molecule has 0 aromatic heterocycles. The highest BCUT2D eigenvalue weighted by Gasteiger charge is 2.74. The number of hydrogen-bond donors (Lipinski definition) is 1. The van der Waals surface area contributed by atoms with Crippen LogP contribution in [0.1, 0.15) is 32.3 Å². The minimum Gasteiger partial charge on any atom is -0.494 e. The Balaban J connectivity index is 1.44. The molecule has 0 saturated carbocycles. The van der Waals surface area contributed by atoms with E-state index in [0.717, 1.165) is 5.56 Å². The van der Waals surface area contributed by atoms with Crippen molar-refractivity contribution in [2.24, 2.45) is 11.8 Å². The van der Waals surface area contributed by atoms with E-state index in [0.29, 0.717) is 48.1 Å². The molecule has 4 aliphatic rings. The maximum atomic E-state index is 14.7. The number of para-hydroxylation sites is 1. The van der Waals surface area contributed by atoms with E-state index in [4.69, 9.17) is 21.1 Å². The molecule has 2 aromatic rings. The number of aliphatic hydroxyl groups is 1. The van der Waals surface area contributed by atoms with Crippen LogP contribution in [0.3, 0.4) is 0 Å². The highest BCUT2D eigenvalue weighted by atomic mass is 35.5. The van der Waals surface area contributed by atoms with Crippen LogP contribution in [0, 0.1) is 18.8 Å². The number of ether oxygens (including phenoxy) is 2. The number of hydrogen-bond acceptors (Lipinski definition) is 6. The number of nitrogens with zero attached hydrogens (tertiary/aromatic N) is 3. The third-order valence-corrected chi connectivity index (χ3v) is 9.59. The number of likely N-dealkylation sites (tertiary alicyclic amines) is 1. The van der Waals surface area contributed by atoms with Gasteiger partial charge in [-0.1, -0.05) is 48.0 Å². The van der Waals surface area contributed by atoms with Crippen molar-refractivity contribution in [3.63, 3.8) is 0 Å². The molecule has 3 amide bonds. The van der Waals surface area contributed by atoms with Gasteiger partial charge >= 0.3 is 0 Å². The number of amides is 3. The van der Waals surface area contributed by atoms with Crippen molar-refractivity contribution in [1.29, 1.82) is 0 Å². The maximum Gasteiger partial charge on any atom is 0.253 e. The Hall–Kier alpha value is -3.66. The molecule has 0 bridgehead atoms. The van der Waals surface area contributed by atoms with E-state index in [-0.39, 0.29) is 37.4 Å². The molecule has 1 spiro atoms. The molecule has 4 aliphatic heterocycles. The number of carbonyl (C=O) groups is 3. The predicted octanol–water partition coefficient (Wildman–Crippen LogP) is 4.30. The fraction of sp³-hybridized carbons (Fsp3) is 0.441. The molecule has 10 heteroatoms. The molecule has 44 heavy (non-hydrogen) atoms. The Bertz CT molecular complexity index is 1510. The van der Waals surface area contributed by atoms with Gasteiger partial charge in [0.05, 0.1) is 34.8 Å². The molecule has 0 radical (unpaired) electrons. The van der Waals surface area contributed by atoms with Gasteiger partial charge in [0.2, 0.25) is 11.8 Å². The lowest BCUT2D eigenvalue weighted by atomic mass is 9.74. The van der Waals surface area contributed by atoms with E-state index >= 15 is 0 Å². The van der Waals surface area contributed by atoms with E-state index in [1.807, 2.05) is 81.5 Å². The zero-order valence-electron chi connectivity index (χ0n) is 25.2. The monoisotopic (exact) mass is 619 g/mol. The summed E-state index contributed by atoms with van der Waals surface area (Å²) in [4.78, 5) is 48.6. The van der Waals surface area contributed by atoms with Crippen molar-refractivity contribution in [3.05, 3.63) is 77.4 Å². The second-order valence-electron chi connectivity index (χ2n) is 12.0. The topological polar surface area (TPSA) is 99.6 Å². The Morgan fingerprint density at radius 3 is 2.39 bits per heavy atom. The predicted molar refractivity (Wildman–Crippen MR) is 168 cm³/mol. The first kappa shape index (κ1) is 30.4. The highest BCUT2D eigenvalue weighted by molar-refractivity contribution is 6.34.